The minimum atomic E-state index is 0.742. The van der Waals surface area contributed by atoms with Gasteiger partial charge in [-0.05, 0) is 17.7 Å². The second kappa shape index (κ2) is 5.82. The van der Waals surface area contributed by atoms with Crippen LogP contribution in [-0.4, -0.2) is 50.3 Å². The smallest absolute Gasteiger partial charge is 0.161 e. The minimum Gasteiger partial charge on any atom is -0.378 e. The summed E-state index contributed by atoms with van der Waals surface area (Å²) in [5.74, 6) is 0.959. The maximum absolute atomic E-state index is 5.75. The first-order valence-electron chi connectivity index (χ1n) is 8.50. The molecule has 5 rings (SSSR count). The molecule has 1 saturated heterocycles. The Labute approximate surface area is 151 Å². The van der Waals surface area contributed by atoms with Crippen LogP contribution in [0.4, 0.5) is 0 Å². The van der Waals surface area contributed by atoms with Gasteiger partial charge in [-0.2, -0.15) is 0 Å². The summed E-state index contributed by atoms with van der Waals surface area (Å²) in [7, 11) is 0. The van der Waals surface area contributed by atoms with E-state index in [1.54, 1.807) is 0 Å². The molecule has 6 heteroatoms. The highest BCUT2D eigenvalue weighted by Crippen LogP contribution is 2.31. The van der Waals surface area contributed by atoms with Gasteiger partial charge in [0.05, 0.1) is 24.6 Å². The molecule has 0 spiro atoms. The molecule has 2 aliphatic rings. The van der Waals surface area contributed by atoms with E-state index < -0.39 is 0 Å². The van der Waals surface area contributed by atoms with Gasteiger partial charge in [0.1, 0.15) is 4.99 Å². The quantitative estimate of drug-likeness (QED) is 0.495. The fraction of sp³-hybridized carbons (Fsp3) is 0.263. The standard InChI is InChI=1S/C19H18N4OS/c25-19(21-7-9-24-10-8-21)15-11-17-18-20-5-6-23(18)16-4-2-1-3-14(16)12-22(17)13-15/h1-6,11,13H,7-10,12H2. The summed E-state index contributed by atoms with van der Waals surface area (Å²) >= 11 is 5.75. The van der Waals surface area contributed by atoms with Crippen LogP contribution in [0.25, 0.3) is 17.2 Å². The summed E-state index contributed by atoms with van der Waals surface area (Å²) < 4.78 is 9.86. The number of hydrogen-bond acceptors (Lipinski definition) is 3. The highest BCUT2D eigenvalue weighted by molar-refractivity contribution is 7.80. The minimum absolute atomic E-state index is 0.742. The van der Waals surface area contributed by atoms with Gasteiger partial charge in [-0.25, -0.2) is 4.98 Å². The van der Waals surface area contributed by atoms with Crippen molar-refractivity contribution < 1.29 is 4.74 Å². The zero-order valence-electron chi connectivity index (χ0n) is 13.8. The Morgan fingerprint density at radius 2 is 2.00 bits per heavy atom. The SMILES string of the molecule is S=C(c1cc2n(c1)Cc1ccccc1-n1ccnc1-2)N1CCOCC1. The third-order valence-corrected chi connectivity index (χ3v) is 5.40. The van der Waals surface area contributed by atoms with Crippen molar-refractivity contribution in [2.45, 2.75) is 6.54 Å². The number of aromatic nitrogens is 3. The average Bonchev–Trinajstić information content (AvgIpc) is 3.27. The molecule has 0 N–H and O–H groups in total. The summed E-state index contributed by atoms with van der Waals surface area (Å²) in [6, 6.07) is 10.6. The molecule has 4 heterocycles. The summed E-state index contributed by atoms with van der Waals surface area (Å²) in [5.41, 5.74) is 4.66. The lowest BCUT2D eigenvalue weighted by atomic mass is 10.1. The second-order valence-corrected chi connectivity index (χ2v) is 6.78. The molecule has 0 atom stereocenters. The number of benzene rings is 1. The van der Waals surface area contributed by atoms with Crippen molar-refractivity contribution in [3.8, 4) is 17.2 Å². The molecule has 0 amide bonds. The maximum Gasteiger partial charge on any atom is 0.161 e. The van der Waals surface area contributed by atoms with Crippen LogP contribution in [0.5, 0.6) is 0 Å². The lowest BCUT2D eigenvalue weighted by molar-refractivity contribution is 0.0693. The van der Waals surface area contributed by atoms with Gasteiger partial charge in [-0.1, -0.05) is 30.4 Å². The van der Waals surface area contributed by atoms with Crippen molar-refractivity contribution in [3.05, 3.63) is 60.0 Å². The van der Waals surface area contributed by atoms with Crippen molar-refractivity contribution in [1.82, 2.24) is 19.0 Å². The van der Waals surface area contributed by atoms with Crippen LogP contribution in [0.3, 0.4) is 0 Å². The van der Waals surface area contributed by atoms with Gasteiger partial charge >= 0.3 is 0 Å². The normalized spacial score (nSPS) is 15.9. The van der Waals surface area contributed by atoms with E-state index >= 15 is 0 Å². The lowest BCUT2D eigenvalue weighted by Gasteiger charge is -2.28. The Kier molecular flexibility index (Phi) is 3.46. The summed E-state index contributed by atoms with van der Waals surface area (Å²) in [6.07, 6.45) is 6.04. The molecule has 5 nitrogen and oxygen atoms in total. The third-order valence-electron chi connectivity index (χ3n) is 4.90. The van der Waals surface area contributed by atoms with Crippen LogP contribution in [0, 0.1) is 0 Å². The highest BCUT2D eigenvalue weighted by Gasteiger charge is 2.23. The number of para-hydroxylation sites is 1. The van der Waals surface area contributed by atoms with Gasteiger partial charge in [0.25, 0.3) is 0 Å². The summed E-state index contributed by atoms with van der Waals surface area (Å²) in [4.78, 5) is 7.74. The van der Waals surface area contributed by atoms with Gasteiger partial charge < -0.3 is 14.2 Å². The van der Waals surface area contributed by atoms with Crippen molar-refractivity contribution in [2.24, 2.45) is 0 Å². The van der Waals surface area contributed by atoms with E-state index in [0.29, 0.717) is 0 Å². The number of thiocarbonyl (C=S) groups is 1. The zero-order valence-corrected chi connectivity index (χ0v) is 14.6. The Balaban J connectivity index is 1.59. The van der Waals surface area contributed by atoms with Crippen molar-refractivity contribution in [2.75, 3.05) is 26.3 Å². The molecule has 0 aliphatic carbocycles. The van der Waals surface area contributed by atoms with Crippen LogP contribution in [0.1, 0.15) is 11.1 Å². The van der Waals surface area contributed by atoms with E-state index in [9.17, 15) is 0 Å². The number of imidazole rings is 1. The fourth-order valence-corrected chi connectivity index (χ4v) is 3.94. The Morgan fingerprint density at radius 1 is 1.16 bits per heavy atom. The predicted molar refractivity (Wildman–Crippen MR) is 100 cm³/mol. The first-order valence-corrected chi connectivity index (χ1v) is 8.91. The molecule has 3 aromatic rings. The topological polar surface area (TPSA) is 35.2 Å². The molecule has 0 saturated carbocycles. The number of rotatable bonds is 1. The van der Waals surface area contributed by atoms with E-state index in [2.05, 4.69) is 55.5 Å². The van der Waals surface area contributed by atoms with Gasteiger partial charge in [0.15, 0.2) is 5.82 Å². The fourth-order valence-electron chi connectivity index (χ4n) is 3.65. The summed E-state index contributed by atoms with van der Waals surface area (Å²) in [6.45, 7) is 4.02. The number of nitrogens with zero attached hydrogens (tertiary/aromatic N) is 4. The largest absolute Gasteiger partial charge is 0.378 e. The average molecular weight is 350 g/mol. The molecule has 0 unspecified atom stereocenters. The predicted octanol–water partition coefficient (Wildman–Crippen LogP) is 2.71. The third kappa shape index (κ3) is 2.41. The summed E-state index contributed by atoms with van der Waals surface area (Å²) in [5, 5.41) is 0. The monoisotopic (exact) mass is 350 g/mol. The van der Waals surface area contributed by atoms with E-state index in [1.165, 1.54) is 11.3 Å². The van der Waals surface area contributed by atoms with Gasteiger partial charge in [-0.3, -0.25) is 4.57 Å². The van der Waals surface area contributed by atoms with Crippen LogP contribution in [-0.2, 0) is 11.3 Å². The molecule has 25 heavy (non-hydrogen) atoms. The van der Waals surface area contributed by atoms with Crippen LogP contribution in [0.2, 0.25) is 0 Å². The number of ether oxygens (including phenoxy) is 1. The molecule has 2 aliphatic heterocycles. The van der Waals surface area contributed by atoms with E-state index in [0.717, 1.165) is 54.9 Å². The number of fused-ring (bicyclic) bond motifs is 5. The van der Waals surface area contributed by atoms with E-state index in [4.69, 9.17) is 17.0 Å². The zero-order chi connectivity index (χ0) is 16.8. The first kappa shape index (κ1) is 14.9. The number of hydrogen-bond donors (Lipinski definition) is 0. The van der Waals surface area contributed by atoms with Crippen LogP contribution < -0.4 is 0 Å². The molecule has 0 bridgehead atoms. The van der Waals surface area contributed by atoms with Gasteiger partial charge in [0.2, 0.25) is 0 Å². The highest BCUT2D eigenvalue weighted by atomic mass is 32.1. The maximum atomic E-state index is 5.75. The molecule has 1 fully saturated rings. The molecule has 2 aromatic heterocycles. The molecule has 126 valence electrons. The van der Waals surface area contributed by atoms with Gasteiger partial charge in [-0.15, -0.1) is 0 Å². The van der Waals surface area contributed by atoms with Crippen molar-refractivity contribution >= 4 is 17.2 Å². The Bertz CT molecular complexity index is 952. The molecular weight excluding hydrogens is 332 g/mol. The van der Waals surface area contributed by atoms with E-state index in [1.807, 2.05) is 12.4 Å². The van der Waals surface area contributed by atoms with Crippen LogP contribution in [0.15, 0.2) is 48.9 Å². The van der Waals surface area contributed by atoms with E-state index in [-0.39, 0.29) is 0 Å². The number of morpholine rings is 1. The van der Waals surface area contributed by atoms with Crippen molar-refractivity contribution in [1.29, 1.82) is 0 Å². The lowest BCUT2D eigenvalue weighted by Crippen LogP contribution is -2.40. The molecular formula is C19H18N4OS. The van der Waals surface area contributed by atoms with Crippen molar-refractivity contribution in [3.63, 3.8) is 0 Å². The van der Waals surface area contributed by atoms with Crippen LogP contribution >= 0.6 is 12.2 Å². The first-order chi connectivity index (χ1) is 12.3. The van der Waals surface area contributed by atoms with Gasteiger partial charge in [0, 0.05) is 43.8 Å². The second-order valence-electron chi connectivity index (χ2n) is 6.40. The Hall–Kier alpha value is -2.44. The Morgan fingerprint density at radius 3 is 2.88 bits per heavy atom. The molecule has 0 radical (unpaired) electrons. The molecule has 1 aromatic carbocycles.